The van der Waals surface area contributed by atoms with Gasteiger partial charge in [-0.3, -0.25) is 4.79 Å². The first kappa shape index (κ1) is 20.7. The molecule has 29 heavy (non-hydrogen) atoms. The monoisotopic (exact) mass is 412 g/mol. The van der Waals surface area contributed by atoms with Gasteiger partial charge in [0.15, 0.2) is 6.61 Å². The van der Waals surface area contributed by atoms with Gasteiger partial charge >= 0.3 is 5.97 Å². The number of esters is 1. The molecule has 0 saturated carbocycles. The van der Waals surface area contributed by atoms with Crippen LogP contribution in [-0.2, 0) is 16.1 Å². The van der Waals surface area contributed by atoms with Gasteiger partial charge in [0.2, 0.25) is 0 Å². The smallest absolute Gasteiger partial charge is 0.340 e. The van der Waals surface area contributed by atoms with Crippen LogP contribution in [0.15, 0.2) is 41.8 Å². The Kier molecular flexibility index (Phi) is 6.39. The van der Waals surface area contributed by atoms with E-state index in [1.54, 1.807) is 29.5 Å². The fraction of sp³-hybridized carbons (Fsp3) is 0.273. The van der Waals surface area contributed by atoms with Gasteiger partial charge in [-0.25, -0.2) is 4.79 Å². The Balaban J connectivity index is 1.64. The van der Waals surface area contributed by atoms with Crippen LogP contribution in [0.1, 0.15) is 32.2 Å². The molecule has 0 aliphatic rings. The van der Waals surface area contributed by atoms with Crippen molar-refractivity contribution in [2.45, 2.75) is 27.3 Å². The van der Waals surface area contributed by atoms with Crippen molar-refractivity contribution in [1.29, 1.82) is 0 Å². The van der Waals surface area contributed by atoms with Crippen molar-refractivity contribution in [3.63, 3.8) is 0 Å². The number of carbonyl (C=O) groups is 2. The standard InChI is InChI=1S/C22H24N2O4S/c1-14-7-8-20(27-4)19(10-14)23-21(25)13-28-22(26)18-11-15(2)24(16(18)3)12-17-6-5-9-29-17/h5-11H,12-13H2,1-4H3,(H,23,25). The van der Waals surface area contributed by atoms with Crippen LogP contribution in [0, 0.1) is 20.8 Å². The van der Waals surface area contributed by atoms with Crippen molar-refractivity contribution in [1.82, 2.24) is 4.57 Å². The SMILES string of the molecule is COc1ccc(C)cc1NC(=O)COC(=O)c1cc(C)n(Cc2cccs2)c1C. The minimum absolute atomic E-state index is 0.371. The van der Waals surface area contributed by atoms with E-state index in [-0.39, 0.29) is 6.61 Å². The Hall–Kier alpha value is -3.06. The summed E-state index contributed by atoms with van der Waals surface area (Å²) in [6.45, 7) is 6.09. The summed E-state index contributed by atoms with van der Waals surface area (Å²) in [5.41, 5.74) is 3.79. The van der Waals surface area contributed by atoms with Gasteiger partial charge in [-0.2, -0.15) is 0 Å². The van der Waals surface area contributed by atoms with E-state index in [0.29, 0.717) is 23.5 Å². The van der Waals surface area contributed by atoms with Gasteiger partial charge in [-0.15, -0.1) is 11.3 Å². The average molecular weight is 413 g/mol. The lowest BCUT2D eigenvalue weighted by atomic mass is 10.2. The summed E-state index contributed by atoms with van der Waals surface area (Å²) in [6, 6.07) is 11.3. The van der Waals surface area contributed by atoms with Crippen molar-refractivity contribution < 1.29 is 19.1 Å². The second-order valence-corrected chi connectivity index (χ2v) is 7.81. The van der Waals surface area contributed by atoms with Gasteiger partial charge < -0.3 is 19.4 Å². The summed E-state index contributed by atoms with van der Waals surface area (Å²) in [5.74, 6) is -0.385. The Morgan fingerprint density at radius 1 is 1.14 bits per heavy atom. The number of rotatable bonds is 7. The molecule has 152 valence electrons. The van der Waals surface area contributed by atoms with Gasteiger partial charge in [0.25, 0.3) is 5.91 Å². The van der Waals surface area contributed by atoms with E-state index in [0.717, 1.165) is 17.0 Å². The second kappa shape index (κ2) is 8.96. The number of benzene rings is 1. The van der Waals surface area contributed by atoms with E-state index >= 15 is 0 Å². The van der Waals surface area contributed by atoms with Crippen LogP contribution in [0.5, 0.6) is 5.75 Å². The number of aromatic nitrogens is 1. The first-order valence-electron chi connectivity index (χ1n) is 9.19. The maximum Gasteiger partial charge on any atom is 0.340 e. The van der Waals surface area contributed by atoms with Crippen LogP contribution < -0.4 is 10.1 Å². The zero-order valence-corrected chi connectivity index (χ0v) is 17.8. The number of methoxy groups -OCH3 is 1. The number of hydrogen-bond acceptors (Lipinski definition) is 5. The normalized spacial score (nSPS) is 10.6. The number of aryl methyl sites for hydroxylation is 2. The molecule has 0 unspecified atom stereocenters. The maximum absolute atomic E-state index is 12.5. The summed E-state index contributed by atoms with van der Waals surface area (Å²) in [7, 11) is 1.53. The summed E-state index contributed by atoms with van der Waals surface area (Å²) in [4.78, 5) is 26.0. The zero-order chi connectivity index (χ0) is 21.0. The first-order chi connectivity index (χ1) is 13.9. The molecule has 0 bridgehead atoms. The van der Waals surface area contributed by atoms with Crippen LogP contribution in [0.4, 0.5) is 5.69 Å². The topological polar surface area (TPSA) is 69.6 Å². The summed E-state index contributed by atoms with van der Waals surface area (Å²) in [5, 5.41) is 4.75. The van der Waals surface area contributed by atoms with Crippen LogP contribution >= 0.6 is 11.3 Å². The van der Waals surface area contributed by atoms with Crippen molar-refractivity contribution >= 4 is 28.9 Å². The Morgan fingerprint density at radius 3 is 2.62 bits per heavy atom. The third-order valence-electron chi connectivity index (χ3n) is 4.65. The molecular weight excluding hydrogens is 388 g/mol. The number of hydrogen-bond donors (Lipinski definition) is 1. The number of nitrogens with one attached hydrogen (secondary N) is 1. The molecule has 2 aromatic heterocycles. The molecule has 0 atom stereocenters. The fourth-order valence-corrected chi connectivity index (χ4v) is 3.82. The van der Waals surface area contributed by atoms with Gasteiger partial charge in [0.05, 0.1) is 24.9 Å². The Bertz CT molecular complexity index is 1020. The molecule has 7 heteroatoms. The number of carbonyl (C=O) groups excluding carboxylic acids is 2. The van der Waals surface area contributed by atoms with E-state index in [1.807, 2.05) is 38.3 Å². The Morgan fingerprint density at radius 2 is 1.93 bits per heavy atom. The van der Waals surface area contributed by atoms with Crippen molar-refractivity contribution in [2.24, 2.45) is 0 Å². The second-order valence-electron chi connectivity index (χ2n) is 6.78. The van der Waals surface area contributed by atoms with E-state index in [4.69, 9.17) is 9.47 Å². The molecule has 0 radical (unpaired) electrons. The molecule has 0 saturated heterocycles. The zero-order valence-electron chi connectivity index (χ0n) is 16.9. The van der Waals surface area contributed by atoms with E-state index in [2.05, 4.69) is 16.0 Å². The van der Waals surface area contributed by atoms with Crippen LogP contribution in [0.25, 0.3) is 0 Å². The highest BCUT2D eigenvalue weighted by atomic mass is 32.1. The van der Waals surface area contributed by atoms with E-state index in [9.17, 15) is 9.59 Å². The quantitative estimate of drug-likeness (QED) is 0.587. The largest absolute Gasteiger partial charge is 0.495 e. The number of amides is 1. The van der Waals surface area contributed by atoms with Crippen molar-refractivity contribution in [3.05, 3.63) is 69.2 Å². The molecule has 1 amide bonds. The third kappa shape index (κ3) is 4.86. The molecule has 0 aliphatic heterocycles. The minimum atomic E-state index is -0.512. The number of anilines is 1. The highest BCUT2D eigenvalue weighted by molar-refractivity contribution is 7.09. The number of ether oxygens (including phenoxy) is 2. The predicted octanol–water partition coefficient (Wildman–Crippen LogP) is 4.33. The lowest BCUT2D eigenvalue weighted by Gasteiger charge is -2.11. The lowest BCUT2D eigenvalue weighted by Crippen LogP contribution is -2.21. The highest BCUT2D eigenvalue weighted by Crippen LogP contribution is 2.25. The Labute approximate surface area is 174 Å². The summed E-state index contributed by atoms with van der Waals surface area (Å²) < 4.78 is 12.6. The number of nitrogens with zero attached hydrogens (tertiary/aromatic N) is 1. The molecule has 0 spiro atoms. The van der Waals surface area contributed by atoms with Gasteiger partial charge in [0, 0.05) is 16.3 Å². The third-order valence-corrected chi connectivity index (χ3v) is 5.51. The molecule has 1 N–H and O–H groups in total. The maximum atomic E-state index is 12.5. The molecule has 6 nitrogen and oxygen atoms in total. The van der Waals surface area contributed by atoms with Crippen LogP contribution in [0.2, 0.25) is 0 Å². The molecule has 3 aromatic rings. The van der Waals surface area contributed by atoms with E-state index in [1.165, 1.54) is 12.0 Å². The van der Waals surface area contributed by atoms with Crippen LogP contribution in [-0.4, -0.2) is 30.2 Å². The molecule has 0 fully saturated rings. The van der Waals surface area contributed by atoms with Crippen LogP contribution in [0.3, 0.4) is 0 Å². The van der Waals surface area contributed by atoms with E-state index < -0.39 is 11.9 Å². The molecular formula is C22H24N2O4S. The number of thiophene rings is 1. The predicted molar refractivity (Wildman–Crippen MR) is 114 cm³/mol. The minimum Gasteiger partial charge on any atom is -0.495 e. The van der Waals surface area contributed by atoms with Gasteiger partial charge in [0.1, 0.15) is 5.75 Å². The fourth-order valence-electron chi connectivity index (χ4n) is 3.12. The molecule has 3 rings (SSSR count). The van der Waals surface area contributed by atoms with Crippen molar-refractivity contribution in [3.8, 4) is 5.75 Å². The molecule has 1 aromatic carbocycles. The molecule has 0 aliphatic carbocycles. The summed E-state index contributed by atoms with van der Waals surface area (Å²) >= 11 is 1.67. The highest BCUT2D eigenvalue weighted by Gasteiger charge is 2.19. The lowest BCUT2D eigenvalue weighted by molar-refractivity contribution is -0.119. The van der Waals surface area contributed by atoms with Gasteiger partial charge in [-0.05, 0) is 56.0 Å². The first-order valence-corrected chi connectivity index (χ1v) is 10.1. The van der Waals surface area contributed by atoms with Gasteiger partial charge in [-0.1, -0.05) is 12.1 Å². The molecule has 2 heterocycles. The average Bonchev–Trinajstić information content (AvgIpc) is 3.30. The summed E-state index contributed by atoms with van der Waals surface area (Å²) in [6.07, 6.45) is 0. The van der Waals surface area contributed by atoms with Crippen molar-refractivity contribution in [2.75, 3.05) is 19.0 Å².